The molecule has 0 aliphatic carbocycles. The number of aromatic nitrogens is 4. The lowest BCUT2D eigenvalue weighted by Crippen LogP contribution is -2.06. The van der Waals surface area contributed by atoms with Crippen molar-refractivity contribution in [3.8, 4) is 22.5 Å². The van der Waals surface area contributed by atoms with Gasteiger partial charge < -0.3 is 0 Å². The Morgan fingerprint density at radius 1 is 0.839 bits per heavy atom. The number of nitrogens with zero attached hydrogens (tertiary/aromatic N) is 4. The molecular formula is C20H12F6N4S. The fraction of sp³-hybridized carbons (Fsp3) is 0.150. The zero-order valence-electron chi connectivity index (χ0n) is 15.7. The summed E-state index contributed by atoms with van der Waals surface area (Å²) in [5.74, 6) is 0. The number of hydrogen-bond acceptors (Lipinski definition) is 4. The number of hydrogen-bond donors (Lipinski definition) is 0. The van der Waals surface area contributed by atoms with Crippen LogP contribution in [0.3, 0.4) is 0 Å². The number of rotatable bonds is 3. The minimum atomic E-state index is -4.57. The van der Waals surface area contributed by atoms with Gasteiger partial charge in [-0.3, -0.25) is 0 Å². The predicted molar refractivity (Wildman–Crippen MR) is 103 cm³/mol. The van der Waals surface area contributed by atoms with Crippen LogP contribution in [0.2, 0.25) is 0 Å². The fourth-order valence-corrected chi connectivity index (χ4v) is 3.42. The Morgan fingerprint density at radius 3 is 2.10 bits per heavy atom. The fourth-order valence-electron chi connectivity index (χ4n) is 3.07. The first-order valence-corrected chi connectivity index (χ1v) is 9.95. The molecule has 11 heteroatoms. The molecule has 0 amide bonds. The lowest BCUT2D eigenvalue weighted by Gasteiger charge is -2.08. The topological polar surface area (TPSA) is 43.1 Å². The van der Waals surface area contributed by atoms with Gasteiger partial charge in [-0.25, -0.2) is 14.5 Å². The van der Waals surface area contributed by atoms with E-state index in [1.807, 2.05) is 0 Å². The molecule has 0 aliphatic rings. The molecule has 4 nitrogen and oxygen atoms in total. The van der Waals surface area contributed by atoms with E-state index in [0.717, 1.165) is 28.9 Å². The SMILES string of the molecule is CSc1nccc(-c2c(-c3ccc(C(F)(F)F)cc3)nn3cc(C(F)(F)F)ccc23)n1. The minimum absolute atomic E-state index is 0.207. The van der Waals surface area contributed by atoms with E-state index >= 15 is 0 Å². The molecule has 4 rings (SSSR count). The van der Waals surface area contributed by atoms with Gasteiger partial charge in [0, 0.05) is 18.0 Å². The summed E-state index contributed by atoms with van der Waals surface area (Å²) in [7, 11) is 0. The van der Waals surface area contributed by atoms with Crippen molar-refractivity contribution >= 4 is 17.3 Å². The number of halogens is 6. The van der Waals surface area contributed by atoms with Gasteiger partial charge in [-0.1, -0.05) is 23.9 Å². The zero-order chi connectivity index (χ0) is 22.4. The summed E-state index contributed by atoms with van der Waals surface area (Å²) in [5, 5.41) is 4.68. The van der Waals surface area contributed by atoms with E-state index in [9.17, 15) is 26.3 Å². The summed E-state index contributed by atoms with van der Waals surface area (Å²) in [6.07, 6.45) is -4.99. The van der Waals surface area contributed by atoms with Gasteiger partial charge in [0.25, 0.3) is 0 Å². The summed E-state index contributed by atoms with van der Waals surface area (Å²) < 4.78 is 79.3. The second kappa shape index (κ2) is 7.56. The summed E-state index contributed by atoms with van der Waals surface area (Å²) in [4.78, 5) is 8.48. The zero-order valence-corrected chi connectivity index (χ0v) is 16.5. The molecule has 3 heterocycles. The van der Waals surface area contributed by atoms with Crippen LogP contribution in [-0.2, 0) is 12.4 Å². The first-order chi connectivity index (χ1) is 14.6. The number of alkyl halides is 6. The summed E-state index contributed by atoms with van der Waals surface area (Å²) in [5.41, 5.74) is -0.111. The summed E-state index contributed by atoms with van der Waals surface area (Å²) in [6, 6.07) is 8.02. The molecule has 3 aromatic heterocycles. The second-order valence-electron chi connectivity index (χ2n) is 6.47. The van der Waals surface area contributed by atoms with Gasteiger partial charge in [-0.05, 0) is 36.6 Å². The average molecular weight is 454 g/mol. The average Bonchev–Trinajstić information content (AvgIpc) is 3.11. The third-order valence-corrected chi connectivity index (χ3v) is 5.08. The van der Waals surface area contributed by atoms with Gasteiger partial charge in [0.1, 0.15) is 5.69 Å². The Balaban J connectivity index is 1.96. The lowest BCUT2D eigenvalue weighted by atomic mass is 10.0. The Hall–Kier alpha value is -3.08. The molecule has 0 bridgehead atoms. The smallest absolute Gasteiger partial charge is 0.239 e. The van der Waals surface area contributed by atoms with E-state index < -0.39 is 23.5 Å². The quantitative estimate of drug-likeness (QED) is 0.210. The van der Waals surface area contributed by atoms with Gasteiger partial charge in [0.15, 0.2) is 5.16 Å². The highest BCUT2D eigenvalue weighted by Crippen LogP contribution is 2.38. The third kappa shape index (κ3) is 4.09. The van der Waals surface area contributed by atoms with Crippen LogP contribution < -0.4 is 0 Å². The molecule has 0 atom stereocenters. The van der Waals surface area contributed by atoms with Crippen LogP contribution in [0.5, 0.6) is 0 Å². The molecule has 0 saturated carbocycles. The maximum atomic E-state index is 13.2. The molecule has 4 aromatic rings. The standard InChI is InChI=1S/C20H12F6N4S/c1-31-18-27-9-8-14(28-18)16-15-7-6-13(20(24,25)26)10-30(15)29-17(16)11-2-4-12(5-3-11)19(21,22)23/h2-10H,1H3. The van der Waals surface area contributed by atoms with E-state index in [1.165, 1.54) is 36.2 Å². The monoisotopic (exact) mass is 454 g/mol. The maximum absolute atomic E-state index is 13.2. The van der Waals surface area contributed by atoms with E-state index in [1.54, 1.807) is 12.3 Å². The molecule has 0 spiro atoms. The van der Waals surface area contributed by atoms with Crippen molar-refractivity contribution in [2.24, 2.45) is 0 Å². The third-order valence-electron chi connectivity index (χ3n) is 4.51. The number of benzene rings is 1. The van der Waals surface area contributed by atoms with Crippen LogP contribution in [0.25, 0.3) is 28.0 Å². The second-order valence-corrected chi connectivity index (χ2v) is 7.25. The van der Waals surface area contributed by atoms with Gasteiger partial charge in [0.2, 0.25) is 0 Å². The Morgan fingerprint density at radius 2 is 1.48 bits per heavy atom. The molecule has 31 heavy (non-hydrogen) atoms. The Labute approximate surface area is 176 Å². The van der Waals surface area contributed by atoms with Crippen molar-refractivity contribution in [1.82, 2.24) is 19.6 Å². The number of pyridine rings is 1. The summed E-state index contributed by atoms with van der Waals surface area (Å²) >= 11 is 1.27. The highest BCUT2D eigenvalue weighted by molar-refractivity contribution is 7.98. The number of fused-ring (bicyclic) bond motifs is 1. The van der Waals surface area contributed by atoms with Crippen molar-refractivity contribution < 1.29 is 26.3 Å². The van der Waals surface area contributed by atoms with Crippen LogP contribution in [0, 0.1) is 0 Å². The molecule has 0 radical (unpaired) electrons. The highest BCUT2D eigenvalue weighted by atomic mass is 32.2. The molecule has 0 fully saturated rings. The van der Waals surface area contributed by atoms with E-state index in [2.05, 4.69) is 15.1 Å². The van der Waals surface area contributed by atoms with E-state index in [4.69, 9.17) is 0 Å². The van der Waals surface area contributed by atoms with Gasteiger partial charge in [-0.15, -0.1) is 0 Å². The lowest BCUT2D eigenvalue weighted by molar-refractivity contribution is -0.138. The van der Waals surface area contributed by atoms with Gasteiger partial charge in [-0.2, -0.15) is 31.4 Å². The predicted octanol–water partition coefficient (Wildman–Crippen LogP) is 6.22. The van der Waals surface area contributed by atoms with E-state index in [0.29, 0.717) is 27.5 Å². The molecule has 0 unspecified atom stereocenters. The van der Waals surface area contributed by atoms with Crippen molar-refractivity contribution in [1.29, 1.82) is 0 Å². The van der Waals surface area contributed by atoms with Crippen molar-refractivity contribution in [3.05, 3.63) is 66.0 Å². The largest absolute Gasteiger partial charge is 0.417 e. The van der Waals surface area contributed by atoms with Gasteiger partial charge in [0.05, 0.1) is 27.9 Å². The molecule has 0 aliphatic heterocycles. The van der Waals surface area contributed by atoms with Gasteiger partial charge >= 0.3 is 12.4 Å². The van der Waals surface area contributed by atoms with Crippen molar-refractivity contribution in [3.63, 3.8) is 0 Å². The van der Waals surface area contributed by atoms with Crippen LogP contribution in [-0.4, -0.2) is 25.8 Å². The summed E-state index contributed by atoms with van der Waals surface area (Å²) in [6.45, 7) is 0. The van der Waals surface area contributed by atoms with Crippen LogP contribution in [0.15, 0.2) is 60.0 Å². The Kier molecular flexibility index (Phi) is 5.16. The molecule has 0 N–H and O–H groups in total. The van der Waals surface area contributed by atoms with E-state index in [-0.39, 0.29) is 5.69 Å². The molecule has 160 valence electrons. The molecule has 1 aromatic carbocycles. The minimum Gasteiger partial charge on any atom is -0.239 e. The van der Waals surface area contributed by atoms with Crippen LogP contribution in [0.4, 0.5) is 26.3 Å². The van der Waals surface area contributed by atoms with Crippen molar-refractivity contribution in [2.75, 3.05) is 6.26 Å². The first-order valence-electron chi connectivity index (χ1n) is 8.72. The van der Waals surface area contributed by atoms with Crippen LogP contribution >= 0.6 is 11.8 Å². The molecular weight excluding hydrogens is 442 g/mol. The normalized spacial score (nSPS) is 12.5. The Bertz CT molecular complexity index is 1250. The van der Waals surface area contributed by atoms with Crippen LogP contribution in [0.1, 0.15) is 11.1 Å². The maximum Gasteiger partial charge on any atom is 0.417 e. The number of thioether (sulfide) groups is 1. The highest BCUT2D eigenvalue weighted by Gasteiger charge is 2.32. The molecule has 0 saturated heterocycles. The van der Waals surface area contributed by atoms with Crippen molar-refractivity contribution in [2.45, 2.75) is 17.5 Å². The first kappa shape index (κ1) is 21.2.